The zero-order valence-corrected chi connectivity index (χ0v) is 12.4. The maximum absolute atomic E-state index is 12.1. The van der Waals surface area contributed by atoms with Crippen LogP contribution in [0.5, 0.6) is 0 Å². The van der Waals surface area contributed by atoms with Gasteiger partial charge in [-0.2, -0.15) is 0 Å². The lowest BCUT2D eigenvalue weighted by Crippen LogP contribution is -2.42. The fraction of sp³-hybridized carbons (Fsp3) is 0.933. The van der Waals surface area contributed by atoms with Crippen LogP contribution in [-0.4, -0.2) is 38.4 Å². The first-order valence-electron chi connectivity index (χ1n) is 7.50. The molecule has 1 saturated carbocycles. The molecule has 110 valence electrons. The topological polar surface area (TPSA) is 47.6 Å². The van der Waals surface area contributed by atoms with Crippen LogP contribution in [0.4, 0.5) is 0 Å². The highest BCUT2D eigenvalue weighted by molar-refractivity contribution is 5.77. The zero-order valence-electron chi connectivity index (χ0n) is 12.4. The summed E-state index contributed by atoms with van der Waals surface area (Å²) in [7, 11) is 1.51. The molecule has 0 amide bonds. The van der Waals surface area contributed by atoms with Gasteiger partial charge in [0.05, 0.1) is 12.5 Å². The SMILES string of the molecule is COC(=O)[C@@]1(C(C)C)CCC(NC2CCOCC2)C1. The van der Waals surface area contributed by atoms with Crippen LogP contribution in [0.1, 0.15) is 46.0 Å². The number of carbonyl (C=O) groups excluding carboxylic acids is 1. The van der Waals surface area contributed by atoms with Crippen molar-refractivity contribution in [3.63, 3.8) is 0 Å². The average molecular weight is 269 g/mol. The first kappa shape index (κ1) is 14.8. The fourth-order valence-electron chi connectivity index (χ4n) is 3.56. The molecular formula is C15H27NO3. The first-order chi connectivity index (χ1) is 9.08. The summed E-state index contributed by atoms with van der Waals surface area (Å²) >= 11 is 0. The Morgan fingerprint density at radius 2 is 1.95 bits per heavy atom. The number of ether oxygens (including phenoxy) is 2. The lowest BCUT2D eigenvalue weighted by Gasteiger charge is -2.31. The van der Waals surface area contributed by atoms with E-state index >= 15 is 0 Å². The van der Waals surface area contributed by atoms with Gasteiger partial charge in [0.25, 0.3) is 0 Å². The second-order valence-electron chi connectivity index (χ2n) is 6.30. The molecule has 0 radical (unpaired) electrons. The molecule has 1 N–H and O–H groups in total. The molecule has 2 atom stereocenters. The highest BCUT2D eigenvalue weighted by Crippen LogP contribution is 2.45. The van der Waals surface area contributed by atoms with E-state index in [1.54, 1.807) is 0 Å². The third-order valence-electron chi connectivity index (χ3n) is 4.94. The second-order valence-corrected chi connectivity index (χ2v) is 6.30. The molecule has 2 fully saturated rings. The molecule has 4 heteroatoms. The number of rotatable bonds is 4. The standard InChI is InChI=1S/C15H27NO3/c1-11(2)15(14(17)18-3)7-4-13(10-15)16-12-5-8-19-9-6-12/h11-13,16H,4-10H2,1-3H3/t13?,15-/m0/s1. The van der Waals surface area contributed by atoms with E-state index in [9.17, 15) is 4.79 Å². The van der Waals surface area contributed by atoms with Gasteiger partial charge in [0.2, 0.25) is 0 Å². The molecule has 0 aromatic rings. The largest absolute Gasteiger partial charge is 0.469 e. The Labute approximate surface area is 116 Å². The van der Waals surface area contributed by atoms with Crippen LogP contribution in [-0.2, 0) is 14.3 Å². The molecule has 0 bridgehead atoms. The van der Waals surface area contributed by atoms with E-state index in [2.05, 4.69) is 19.2 Å². The molecule has 4 nitrogen and oxygen atoms in total. The summed E-state index contributed by atoms with van der Waals surface area (Å²) in [5, 5.41) is 3.72. The van der Waals surface area contributed by atoms with E-state index in [4.69, 9.17) is 9.47 Å². The molecule has 0 aromatic carbocycles. The normalized spacial score (nSPS) is 32.7. The number of hydrogen-bond acceptors (Lipinski definition) is 4. The van der Waals surface area contributed by atoms with E-state index in [0.717, 1.165) is 45.3 Å². The Bertz CT molecular complexity index is 313. The van der Waals surface area contributed by atoms with Gasteiger partial charge in [-0.25, -0.2) is 0 Å². The number of carbonyl (C=O) groups is 1. The molecule has 1 aliphatic carbocycles. The Hall–Kier alpha value is -0.610. The highest BCUT2D eigenvalue weighted by Gasteiger charge is 2.48. The fourth-order valence-corrected chi connectivity index (χ4v) is 3.56. The van der Waals surface area contributed by atoms with E-state index in [1.165, 1.54) is 7.11 Å². The van der Waals surface area contributed by atoms with Gasteiger partial charge in [0, 0.05) is 25.3 Å². The summed E-state index contributed by atoms with van der Waals surface area (Å²) in [6.45, 7) is 5.98. The minimum absolute atomic E-state index is 0.0289. The van der Waals surface area contributed by atoms with Crippen molar-refractivity contribution >= 4 is 5.97 Å². The van der Waals surface area contributed by atoms with Crippen molar-refractivity contribution in [2.24, 2.45) is 11.3 Å². The molecule has 0 spiro atoms. The number of hydrogen-bond donors (Lipinski definition) is 1. The molecule has 1 unspecified atom stereocenters. The zero-order chi connectivity index (χ0) is 13.9. The third-order valence-corrected chi connectivity index (χ3v) is 4.94. The van der Waals surface area contributed by atoms with Gasteiger partial charge in [-0.05, 0) is 38.0 Å². The van der Waals surface area contributed by atoms with E-state index in [-0.39, 0.29) is 11.4 Å². The maximum atomic E-state index is 12.1. The third kappa shape index (κ3) is 3.11. The van der Waals surface area contributed by atoms with Crippen molar-refractivity contribution < 1.29 is 14.3 Å². The first-order valence-corrected chi connectivity index (χ1v) is 7.50. The molecule has 2 aliphatic rings. The van der Waals surface area contributed by atoms with Gasteiger partial charge < -0.3 is 14.8 Å². The summed E-state index contributed by atoms with van der Waals surface area (Å²) in [5.41, 5.74) is -0.280. The predicted octanol–water partition coefficient (Wildman–Crippen LogP) is 2.12. The Balaban J connectivity index is 1.94. The number of esters is 1. The molecular weight excluding hydrogens is 242 g/mol. The van der Waals surface area contributed by atoms with Crippen molar-refractivity contribution in [3.8, 4) is 0 Å². The summed E-state index contributed by atoms with van der Waals surface area (Å²) in [6.07, 6.45) is 5.10. The number of methoxy groups -OCH3 is 1. The molecule has 1 heterocycles. The predicted molar refractivity (Wildman–Crippen MR) is 73.9 cm³/mol. The smallest absolute Gasteiger partial charge is 0.312 e. The van der Waals surface area contributed by atoms with Crippen molar-refractivity contribution in [1.82, 2.24) is 5.32 Å². The van der Waals surface area contributed by atoms with Crippen molar-refractivity contribution in [1.29, 1.82) is 0 Å². The van der Waals surface area contributed by atoms with Crippen LogP contribution in [0.2, 0.25) is 0 Å². The summed E-state index contributed by atoms with van der Waals surface area (Å²) in [5.74, 6) is 0.306. The van der Waals surface area contributed by atoms with Crippen LogP contribution in [0, 0.1) is 11.3 Å². The Morgan fingerprint density at radius 3 is 2.53 bits per heavy atom. The molecule has 19 heavy (non-hydrogen) atoms. The van der Waals surface area contributed by atoms with Gasteiger partial charge in [-0.1, -0.05) is 13.8 Å². The minimum atomic E-state index is -0.280. The summed E-state index contributed by atoms with van der Waals surface area (Å²) < 4.78 is 10.4. The molecule has 0 aromatic heterocycles. The van der Waals surface area contributed by atoms with Crippen LogP contribution in [0.25, 0.3) is 0 Å². The van der Waals surface area contributed by atoms with Crippen LogP contribution in [0.15, 0.2) is 0 Å². The van der Waals surface area contributed by atoms with Crippen LogP contribution >= 0.6 is 0 Å². The molecule has 2 rings (SSSR count). The van der Waals surface area contributed by atoms with Gasteiger partial charge in [0.15, 0.2) is 0 Å². The van der Waals surface area contributed by atoms with Crippen molar-refractivity contribution in [3.05, 3.63) is 0 Å². The van der Waals surface area contributed by atoms with Gasteiger partial charge in [-0.15, -0.1) is 0 Å². The quantitative estimate of drug-likeness (QED) is 0.794. The highest BCUT2D eigenvalue weighted by atomic mass is 16.5. The summed E-state index contributed by atoms with van der Waals surface area (Å²) in [4.78, 5) is 12.1. The second kappa shape index (κ2) is 6.23. The lowest BCUT2D eigenvalue weighted by molar-refractivity contribution is -0.155. The van der Waals surface area contributed by atoms with Crippen molar-refractivity contribution in [2.45, 2.75) is 58.0 Å². The Kier molecular flexibility index (Phi) is 4.85. The van der Waals surface area contributed by atoms with Crippen LogP contribution < -0.4 is 5.32 Å². The van der Waals surface area contributed by atoms with E-state index in [0.29, 0.717) is 18.0 Å². The van der Waals surface area contributed by atoms with Gasteiger partial charge >= 0.3 is 5.97 Å². The molecule has 1 aliphatic heterocycles. The van der Waals surface area contributed by atoms with E-state index in [1.807, 2.05) is 0 Å². The lowest BCUT2D eigenvalue weighted by atomic mass is 9.75. The summed E-state index contributed by atoms with van der Waals surface area (Å²) in [6, 6.07) is 1.00. The minimum Gasteiger partial charge on any atom is -0.469 e. The van der Waals surface area contributed by atoms with Crippen molar-refractivity contribution in [2.75, 3.05) is 20.3 Å². The van der Waals surface area contributed by atoms with Gasteiger partial charge in [0.1, 0.15) is 0 Å². The average Bonchev–Trinajstić information content (AvgIpc) is 2.84. The van der Waals surface area contributed by atoms with Crippen LogP contribution in [0.3, 0.4) is 0 Å². The Morgan fingerprint density at radius 1 is 1.26 bits per heavy atom. The van der Waals surface area contributed by atoms with E-state index < -0.39 is 0 Å². The monoisotopic (exact) mass is 269 g/mol. The van der Waals surface area contributed by atoms with Gasteiger partial charge in [-0.3, -0.25) is 4.79 Å². The maximum Gasteiger partial charge on any atom is 0.312 e. The number of nitrogens with one attached hydrogen (secondary N) is 1. The molecule has 1 saturated heterocycles.